The smallest absolute Gasteiger partial charge is 0.259 e. The first kappa shape index (κ1) is 23.6. The molecule has 0 radical (unpaired) electrons. The van der Waals surface area contributed by atoms with E-state index in [-0.39, 0.29) is 17.2 Å². The summed E-state index contributed by atoms with van der Waals surface area (Å²) in [5.74, 6) is -0.307. The molecule has 0 aliphatic carbocycles. The van der Waals surface area contributed by atoms with Gasteiger partial charge in [-0.05, 0) is 42.2 Å². The van der Waals surface area contributed by atoms with Crippen LogP contribution in [0.1, 0.15) is 74.2 Å². The predicted octanol–water partition coefficient (Wildman–Crippen LogP) is 7.99. The number of hydrogen-bond acceptors (Lipinski definition) is 2. The lowest BCUT2D eigenvalue weighted by Crippen LogP contribution is -2.12. The molecule has 3 heteroatoms. The van der Waals surface area contributed by atoms with Crippen molar-refractivity contribution < 1.29 is 9.90 Å². The van der Waals surface area contributed by atoms with Gasteiger partial charge in [0.05, 0.1) is 5.56 Å². The largest absolute Gasteiger partial charge is 0.506 e. The summed E-state index contributed by atoms with van der Waals surface area (Å²) in [6.07, 6.45) is 11.6. The molecule has 0 atom stereocenters. The third-order valence-corrected chi connectivity index (χ3v) is 5.90. The van der Waals surface area contributed by atoms with E-state index in [1.165, 1.54) is 56.9 Å². The topological polar surface area (TPSA) is 49.3 Å². The quantitative estimate of drug-likeness (QED) is 0.287. The number of nitrogens with one attached hydrogen (secondary N) is 1. The Bertz CT molecular complexity index is 964. The van der Waals surface area contributed by atoms with Crippen molar-refractivity contribution in [3.63, 3.8) is 0 Å². The van der Waals surface area contributed by atoms with Gasteiger partial charge in [0.15, 0.2) is 0 Å². The van der Waals surface area contributed by atoms with Gasteiger partial charge in [-0.1, -0.05) is 106 Å². The molecule has 1 amide bonds. The summed E-state index contributed by atoms with van der Waals surface area (Å²) < 4.78 is 0. The number of hydrogen-bond donors (Lipinski definition) is 2. The van der Waals surface area contributed by atoms with E-state index >= 15 is 0 Å². The fraction of sp³-hybridized carbons (Fsp3) is 0.345. The Balaban J connectivity index is 1.50. The van der Waals surface area contributed by atoms with Gasteiger partial charge in [-0.3, -0.25) is 4.79 Å². The number of unbranched alkanes of at least 4 members (excludes halogenated alkanes) is 7. The highest BCUT2D eigenvalue weighted by atomic mass is 16.3. The van der Waals surface area contributed by atoms with E-state index in [0.717, 1.165) is 17.7 Å². The highest BCUT2D eigenvalue weighted by Gasteiger charge is 2.15. The van der Waals surface area contributed by atoms with Crippen molar-refractivity contribution in [3.05, 3.63) is 83.9 Å². The summed E-state index contributed by atoms with van der Waals surface area (Å²) in [6.45, 7) is 2.25. The summed E-state index contributed by atoms with van der Waals surface area (Å²) in [7, 11) is 0. The molecule has 0 saturated carbocycles. The molecule has 2 N–H and O–H groups in total. The second-order valence-electron chi connectivity index (χ2n) is 8.44. The van der Waals surface area contributed by atoms with Gasteiger partial charge in [-0.2, -0.15) is 0 Å². The molecule has 3 nitrogen and oxygen atoms in total. The van der Waals surface area contributed by atoms with Crippen molar-refractivity contribution in [3.8, 4) is 16.9 Å². The number of rotatable bonds is 12. The van der Waals surface area contributed by atoms with Crippen LogP contribution in [0.4, 0.5) is 5.69 Å². The van der Waals surface area contributed by atoms with Gasteiger partial charge in [0.25, 0.3) is 5.91 Å². The van der Waals surface area contributed by atoms with Crippen molar-refractivity contribution in [2.45, 2.75) is 64.7 Å². The molecule has 3 aromatic carbocycles. The van der Waals surface area contributed by atoms with Crippen LogP contribution in [0.2, 0.25) is 0 Å². The summed E-state index contributed by atoms with van der Waals surface area (Å²) in [6, 6.07) is 22.9. The first-order valence-electron chi connectivity index (χ1n) is 12.0. The van der Waals surface area contributed by atoms with Gasteiger partial charge < -0.3 is 10.4 Å². The number of carbonyl (C=O) groups excluding carboxylic acids is 1. The Kier molecular flexibility index (Phi) is 9.37. The van der Waals surface area contributed by atoms with Crippen LogP contribution >= 0.6 is 0 Å². The van der Waals surface area contributed by atoms with E-state index in [4.69, 9.17) is 0 Å². The maximum Gasteiger partial charge on any atom is 0.259 e. The van der Waals surface area contributed by atoms with Gasteiger partial charge in [-0.15, -0.1) is 0 Å². The lowest BCUT2D eigenvalue weighted by Gasteiger charge is -2.11. The van der Waals surface area contributed by atoms with Crippen LogP contribution in [0, 0.1) is 0 Å². The first-order chi connectivity index (χ1) is 15.7. The standard InChI is InChI=1S/C29H35NO2/c1-2-3-4-5-6-7-8-10-14-23-19-21-25(22-20-23)30-29(32)27-18-13-17-26(28(27)31)24-15-11-9-12-16-24/h9,11-13,15-22,31H,2-8,10,14H2,1H3,(H,30,32). The van der Waals surface area contributed by atoms with E-state index in [9.17, 15) is 9.90 Å². The van der Waals surface area contributed by atoms with Crippen LogP contribution < -0.4 is 5.32 Å². The minimum atomic E-state index is -0.309. The van der Waals surface area contributed by atoms with Crippen molar-refractivity contribution in [2.24, 2.45) is 0 Å². The number of aryl methyl sites for hydroxylation is 1. The van der Waals surface area contributed by atoms with E-state index in [1.54, 1.807) is 12.1 Å². The molecule has 0 bridgehead atoms. The van der Waals surface area contributed by atoms with Crippen molar-refractivity contribution in [1.82, 2.24) is 0 Å². The van der Waals surface area contributed by atoms with Gasteiger partial charge >= 0.3 is 0 Å². The molecule has 0 saturated heterocycles. The number of para-hydroxylation sites is 1. The third kappa shape index (κ3) is 6.98. The number of phenols is 1. The third-order valence-electron chi connectivity index (χ3n) is 5.90. The molecule has 0 heterocycles. The number of benzene rings is 3. The number of aromatic hydroxyl groups is 1. The van der Waals surface area contributed by atoms with E-state index in [2.05, 4.69) is 24.4 Å². The molecule has 3 aromatic rings. The Morgan fingerprint density at radius 3 is 2.09 bits per heavy atom. The highest BCUT2D eigenvalue weighted by Crippen LogP contribution is 2.32. The molecule has 32 heavy (non-hydrogen) atoms. The molecular formula is C29H35NO2. The van der Waals surface area contributed by atoms with Gasteiger partial charge in [0, 0.05) is 11.3 Å². The van der Waals surface area contributed by atoms with E-state index in [1.807, 2.05) is 48.5 Å². The van der Waals surface area contributed by atoms with Crippen LogP contribution in [0.15, 0.2) is 72.8 Å². The van der Waals surface area contributed by atoms with Crippen molar-refractivity contribution in [1.29, 1.82) is 0 Å². The summed E-state index contributed by atoms with van der Waals surface area (Å²) in [4.78, 5) is 12.8. The first-order valence-corrected chi connectivity index (χ1v) is 12.0. The van der Waals surface area contributed by atoms with E-state index < -0.39 is 0 Å². The number of carbonyl (C=O) groups is 1. The molecule has 0 unspecified atom stereocenters. The minimum absolute atomic E-state index is 0.00233. The van der Waals surface area contributed by atoms with Gasteiger partial charge in [-0.25, -0.2) is 0 Å². The molecule has 0 aliphatic rings. The highest BCUT2D eigenvalue weighted by molar-refractivity contribution is 6.07. The monoisotopic (exact) mass is 429 g/mol. The van der Waals surface area contributed by atoms with Gasteiger partial charge in [0.1, 0.15) is 5.75 Å². The second-order valence-corrected chi connectivity index (χ2v) is 8.44. The number of anilines is 1. The predicted molar refractivity (Wildman–Crippen MR) is 134 cm³/mol. The molecular weight excluding hydrogens is 394 g/mol. The Morgan fingerprint density at radius 1 is 0.750 bits per heavy atom. The summed E-state index contributed by atoms with van der Waals surface area (Å²) >= 11 is 0. The lowest BCUT2D eigenvalue weighted by atomic mass is 10.0. The van der Waals surface area contributed by atoms with Crippen molar-refractivity contribution in [2.75, 3.05) is 5.32 Å². The second kappa shape index (κ2) is 12.7. The maximum atomic E-state index is 12.8. The number of amides is 1. The summed E-state index contributed by atoms with van der Waals surface area (Å²) in [5, 5.41) is 13.6. The van der Waals surface area contributed by atoms with Crippen LogP contribution in [0.25, 0.3) is 11.1 Å². The molecule has 0 aliphatic heterocycles. The van der Waals surface area contributed by atoms with Crippen LogP contribution in [-0.4, -0.2) is 11.0 Å². The zero-order valence-corrected chi connectivity index (χ0v) is 19.1. The Morgan fingerprint density at radius 2 is 1.41 bits per heavy atom. The zero-order valence-electron chi connectivity index (χ0n) is 19.1. The Hall–Kier alpha value is -3.07. The lowest BCUT2D eigenvalue weighted by molar-refractivity contribution is 0.102. The maximum absolute atomic E-state index is 12.8. The normalized spacial score (nSPS) is 10.8. The fourth-order valence-corrected chi connectivity index (χ4v) is 3.99. The number of phenolic OH excluding ortho intramolecular Hbond substituents is 1. The van der Waals surface area contributed by atoms with Crippen LogP contribution in [0.5, 0.6) is 5.75 Å². The van der Waals surface area contributed by atoms with Crippen LogP contribution in [-0.2, 0) is 6.42 Å². The average Bonchev–Trinajstić information content (AvgIpc) is 2.82. The zero-order chi connectivity index (χ0) is 22.6. The average molecular weight is 430 g/mol. The van der Waals surface area contributed by atoms with Crippen LogP contribution in [0.3, 0.4) is 0 Å². The molecule has 3 rings (SSSR count). The Labute approximate surface area is 192 Å². The van der Waals surface area contributed by atoms with Crippen molar-refractivity contribution >= 4 is 11.6 Å². The molecule has 0 aromatic heterocycles. The molecule has 0 spiro atoms. The minimum Gasteiger partial charge on any atom is -0.506 e. The van der Waals surface area contributed by atoms with E-state index in [0.29, 0.717) is 5.56 Å². The SMILES string of the molecule is CCCCCCCCCCc1ccc(NC(=O)c2cccc(-c3ccccc3)c2O)cc1. The molecule has 0 fully saturated rings. The summed E-state index contributed by atoms with van der Waals surface area (Å²) in [5.41, 5.74) is 3.83. The van der Waals surface area contributed by atoms with Gasteiger partial charge in [0.2, 0.25) is 0 Å². The fourth-order valence-electron chi connectivity index (χ4n) is 3.99. The molecule has 168 valence electrons.